The van der Waals surface area contributed by atoms with Crippen LogP contribution in [-0.4, -0.2) is 54.3 Å². The molecule has 0 spiro atoms. The van der Waals surface area contributed by atoms with Gasteiger partial charge in [-0.2, -0.15) is 9.81 Å². The van der Waals surface area contributed by atoms with Gasteiger partial charge in [-0.15, -0.1) is 0 Å². The molecule has 0 aliphatic rings. The van der Waals surface area contributed by atoms with Gasteiger partial charge in [0.25, 0.3) is 0 Å². The topological polar surface area (TPSA) is 138 Å². The number of hydrogen-bond donors (Lipinski definition) is 3. The molecule has 1 amide bonds. The van der Waals surface area contributed by atoms with Crippen LogP contribution in [0.25, 0.3) is 0 Å². The third kappa shape index (κ3) is 5.57. The van der Waals surface area contributed by atoms with Crippen molar-refractivity contribution in [2.24, 2.45) is 16.3 Å². The summed E-state index contributed by atoms with van der Waals surface area (Å²) in [4.78, 5) is 32.6. The Labute approximate surface area is 116 Å². The highest BCUT2D eigenvalue weighted by Gasteiger charge is 2.37. The van der Waals surface area contributed by atoms with Crippen LogP contribution in [0.5, 0.6) is 0 Å². The van der Waals surface area contributed by atoms with E-state index in [9.17, 15) is 19.7 Å². The maximum Gasteiger partial charge on any atom is 0.407 e. The van der Waals surface area contributed by atoms with E-state index >= 15 is 0 Å². The first-order valence-electron chi connectivity index (χ1n) is 6.23. The van der Waals surface area contributed by atoms with Gasteiger partial charge in [0.05, 0.1) is 0 Å². The molecule has 0 aromatic rings. The molecule has 0 fully saturated rings. The zero-order valence-electron chi connectivity index (χ0n) is 11.7. The summed E-state index contributed by atoms with van der Waals surface area (Å²) in [6.07, 6.45) is -3.21. The predicted molar refractivity (Wildman–Crippen MR) is 71.0 cm³/mol. The van der Waals surface area contributed by atoms with Crippen LogP contribution >= 0.6 is 0 Å². The fraction of sp³-hybridized carbons (Fsp3) is 0.909. The number of nitrogens with zero attached hydrogens (tertiary/aromatic N) is 2. The number of alkyl carbamates (subject to hydrolysis) is 1. The Balaban J connectivity index is 5.06. The molecule has 9 heteroatoms. The van der Waals surface area contributed by atoms with Gasteiger partial charge in [-0.1, -0.05) is 17.3 Å². The number of hydrogen-bond acceptors (Lipinski definition) is 8. The highest BCUT2D eigenvalue weighted by Crippen LogP contribution is 2.20. The van der Waals surface area contributed by atoms with Crippen LogP contribution in [0.4, 0.5) is 4.79 Å². The van der Waals surface area contributed by atoms with Crippen molar-refractivity contribution in [1.82, 2.24) is 5.32 Å². The summed E-state index contributed by atoms with van der Waals surface area (Å²) in [5.41, 5.74) is 0. The summed E-state index contributed by atoms with van der Waals surface area (Å²) in [6.45, 7) is 2.81. The van der Waals surface area contributed by atoms with Crippen LogP contribution in [0.2, 0.25) is 0 Å². The van der Waals surface area contributed by atoms with Crippen LogP contribution < -0.4 is 5.32 Å². The molecule has 1 unspecified atom stereocenters. The maximum atomic E-state index is 11.3. The summed E-state index contributed by atoms with van der Waals surface area (Å²) in [6, 6.07) is -2.41. The molecule has 9 nitrogen and oxygen atoms in total. The molecule has 20 heavy (non-hydrogen) atoms. The molecule has 0 saturated carbocycles. The second-order valence-electron chi connectivity index (χ2n) is 4.65. The maximum absolute atomic E-state index is 11.3. The minimum atomic E-state index is -1.47. The molecule has 0 heterocycles. The van der Waals surface area contributed by atoms with Crippen LogP contribution in [0.3, 0.4) is 0 Å². The molecule has 0 aliphatic carbocycles. The quantitative estimate of drug-likeness (QED) is 0.525. The standard InChI is InChI=1S/C11H21N3O6/c1-6(5-15)4-8(20-11(17)12-3)9(14-19)10(16)7(2)13-18/h6-10,15-16H,4-5H2,1-3H3,(H,12,17)/t6-,7+,8-,9?,10-/m0/s1. The van der Waals surface area contributed by atoms with Gasteiger partial charge in [0, 0.05) is 13.7 Å². The van der Waals surface area contributed by atoms with Crippen molar-refractivity contribution in [2.45, 2.75) is 44.6 Å². The molecule has 0 saturated heterocycles. The Bertz CT molecular complexity index is 327. The average molecular weight is 291 g/mol. The third-order valence-electron chi connectivity index (χ3n) is 2.92. The Morgan fingerprint density at radius 3 is 2.30 bits per heavy atom. The lowest BCUT2D eigenvalue weighted by Gasteiger charge is -2.27. The Morgan fingerprint density at radius 2 is 1.90 bits per heavy atom. The van der Waals surface area contributed by atoms with E-state index in [4.69, 9.17) is 9.84 Å². The Morgan fingerprint density at radius 1 is 1.30 bits per heavy atom. The molecule has 3 N–H and O–H groups in total. The summed E-state index contributed by atoms with van der Waals surface area (Å²) < 4.78 is 4.98. The van der Waals surface area contributed by atoms with Crippen molar-refractivity contribution in [3.8, 4) is 0 Å². The number of nitroso groups, excluding NO2 is 2. The van der Waals surface area contributed by atoms with E-state index in [1.54, 1.807) is 6.92 Å². The van der Waals surface area contributed by atoms with Gasteiger partial charge in [0.1, 0.15) is 18.2 Å². The summed E-state index contributed by atoms with van der Waals surface area (Å²) in [7, 11) is 1.34. The zero-order valence-corrected chi connectivity index (χ0v) is 11.7. The Kier molecular flexibility index (Phi) is 8.57. The second-order valence-corrected chi connectivity index (χ2v) is 4.65. The first-order chi connectivity index (χ1) is 9.40. The normalized spacial score (nSPS) is 18.2. The monoisotopic (exact) mass is 291 g/mol. The lowest BCUT2D eigenvalue weighted by atomic mass is 9.93. The molecule has 0 aromatic carbocycles. The third-order valence-corrected chi connectivity index (χ3v) is 2.92. The van der Waals surface area contributed by atoms with E-state index in [0.717, 1.165) is 0 Å². The number of aliphatic hydroxyl groups excluding tert-OH is 2. The van der Waals surface area contributed by atoms with Gasteiger partial charge in [-0.05, 0) is 19.3 Å². The number of aliphatic hydroxyl groups is 2. The van der Waals surface area contributed by atoms with Gasteiger partial charge in [0.15, 0.2) is 6.04 Å². The highest BCUT2D eigenvalue weighted by molar-refractivity contribution is 5.66. The molecule has 0 bridgehead atoms. The lowest BCUT2D eigenvalue weighted by molar-refractivity contribution is 0.0141. The van der Waals surface area contributed by atoms with Crippen molar-refractivity contribution in [3.63, 3.8) is 0 Å². The van der Waals surface area contributed by atoms with Gasteiger partial charge in [0.2, 0.25) is 0 Å². The van der Waals surface area contributed by atoms with Crippen LogP contribution in [0.15, 0.2) is 10.4 Å². The minimum absolute atomic E-state index is 0.114. The highest BCUT2D eigenvalue weighted by atomic mass is 16.6. The fourth-order valence-corrected chi connectivity index (χ4v) is 1.62. The van der Waals surface area contributed by atoms with Gasteiger partial charge in [-0.3, -0.25) is 0 Å². The van der Waals surface area contributed by atoms with E-state index in [2.05, 4.69) is 15.7 Å². The molecule has 0 rings (SSSR count). The van der Waals surface area contributed by atoms with E-state index in [-0.39, 0.29) is 18.9 Å². The van der Waals surface area contributed by atoms with E-state index in [1.165, 1.54) is 14.0 Å². The zero-order chi connectivity index (χ0) is 15.7. The lowest BCUT2D eigenvalue weighted by Crippen LogP contribution is -2.45. The van der Waals surface area contributed by atoms with Gasteiger partial charge >= 0.3 is 6.09 Å². The number of carbonyl (C=O) groups excluding carboxylic acids is 1. The second kappa shape index (κ2) is 9.32. The smallest absolute Gasteiger partial charge is 0.407 e. The molecular weight excluding hydrogens is 270 g/mol. The average Bonchev–Trinajstić information content (AvgIpc) is 2.46. The SMILES string of the molecule is CNC(=O)O[C@@H](C[C@H](C)CO)C(N=O)[C@@H](O)[C@@H](C)N=O. The Hall–Kier alpha value is -1.61. The number of nitrogens with one attached hydrogen (secondary N) is 1. The molecule has 116 valence electrons. The molecule has 0 radical (unpaired) electrons. The number of rotatable bonds is 9. The van der Waals surface area contributed by atoms with Crippen molar-refractivity contribution in [2.75, 3.05) is 13.7 Å². The van der Waals surface area contributed by atoms with Crippen molar-refractivity contribution >= 4 is 6.09 Å². The summed E-state index contributed by atoms with van der Waals surface area (Å²) >= 11 is 0. The fourth-order valence-electron chi connectivity index (χ4n) is 1.62. The number of ether oxygens (including phenoxy) is 1. The van der Waals surface area contributed by atoms with Crippen molar-refractivity contribution < 1.29 is 19.7 Å². The first kappa shape index (κ1) is 18.4. The summed E-state index contributed by atoms with van der Waals surface area (Å²) in [5, 5.41) is 26.5. The summed E-state index contributed by atoms with van der Waals surface area (Å²) in [5.74, 6) is -0.277. The van der Waals surface area contributed by atoms with E-state index in [0.29, 0.717) is 0 Å². The molecular formula is C11H21N3O6. The van der Waals surface area contributed by atoms with E-state index in [1.807, 2.05) is 0 Å². The van der Waals surface area contributed by atoms with Gasteiger partial charge in [-0.25, -0.2) is 4.79 Å². The number of carbonyl (C=O) groups is 1. The van der Waals surface area contributed by atoms with Crippen LogP contribution in [0.1, 0.15) is 20.3 Å². The van der Waals surface area contributed by atoms with Crippen molar-refractivity contribution in [3.05, 3.63) is 9.81 Å². The predicted octanol–water partition coefficient (Wildman–Crippen LogP) is 0.380. The molecule has 0 aromatic heterocycles. The van der Waals surface area contributed by atoms with Crippen LogP contribution in [0, 0.1) is 15.7 Å². The first-order valence-corrected chi connectivity index (χ1v) is 6.23. The van der Waals surface area contributed by atoms with Crippen LogP contribution in [-0.2, 0) is 4.74 Å². The van der Waals surface area contributed by atoms with Gasteiger partial charge < -0.3 is 20.3 Å². The largest absolute Gasteiger partial charge is 0.444 e. The molecule has 0 aliphatic heterocycles. The van der Waals surface area contributed by atoms with Crippen molar-refractivity contribution in [1.29, 1.82) is 0 Å². The number of amides is 1. The van der Waals surface area contributed by atoms with E-state index < -0.39 is 30.4 Å². The minimum Gasteiger partial charge on any atom is -0.444 e. The molecule has 5 atom stereocenters.